The van der Waals surface area contributed by atoms with Gasteiger partial charge in [0.05, 0.1) is 11.8 Å². The molecule has 0 saturated carbocycles. The van der Waals surface area contributed by atoms with Crippen molar-refractivity contribution in [2.24, 2.45) is 5.10 Å². The van der Waals surface area contributed by atoms with E-state index in [2.05, 4.69) is 22.1 Å². The van der Waals surface area contributed by atoms with Crippen LogP contribution in [-0.2, 0) is 0 Å². The molecular weight excluding hydrogens is 346 g/mol. The van der Waals surface area contributed by atoms with Gasteiger partial charge in [-0.3, -0.25) is 4.98 Å². The van der Waals surface area contributed by atoms with Gasteiger partial charge in [0.2, 0.25) is 6.23 Å². The van der Waals surface area contributed by atoms with Gasteiger partial charge in [-0.25, -0.2) is 5.01 Å². The number of ether oxygens (including phenoxy) is 1. The Labute approximate surface area is 156 Å². The number of fused-ring (bicyclic) bond motifs is 3. The third-order valence-corrected chi connectivity index (χ3v) is 5.09. The molecule has 26 heavy (non-hydrogen) atoms. The second kappa shape index (κ2) is 6.15. The summed E-state index contributed by atoms with van der Waals surface area (Å²) in [4.78, 5) is 4.12. The summed E-state index contributed by atoms with van der Waals surface area (Å²) < 4.78 is 6.30. The molecule has 0 saturated heterocycles. The predicted molar refractivity (Wildman–Crippen MR) is 101 cm³/mol. The van der Waals surface area contributed by atoms with Gasteiger partial charge in [0.15, 0.2) is 0 Å². The molecule has 128 valence electrons. The van der Waals surface area contributed by atoms with Crippen molar-refractivity contribution >= 4 is 17.3 Å². The number of aromatic nitrogens is 1. The summed E-state index contributed by atoms with van der Waals surface area (Å²) in [7, 11) is 0. The SMILES string of the molecule is Clc1ccc2c(c1)[C@H]1CC(c3ccccc3)=NN1[C@H](c1ccncc1)O2. The van der Waals surface area contributed by atoms with Gasteiger partial charge < -0.3 is 4.74 Å². The third kappa shape index (κ3) is 2.54. The molecule has 0 amide bonds. The van der Waals surface area contributed by atoms with Crippen LogP contribution in [0.1, 0.15) is 35.4 Å². The zero-order valence-corrected chi connectivity index (χ0v) is 14.7. The standard InChI is InChI=1S/C21H16ClN3O/c22-16-6-7-20-17(12-16)19-13-18(14-4-2-1-3-5-14)24-25(19)21(26-20)15-8-10-23-11-9-15/h1-12,19,21H,13H2/t19-,21+/m1/s1. The van der Waals surface area contributed by atoms with Gasteiger partial charge in [-0.1, -0.05) is 41.9 Å². The fraction of sp³-hybridized carbons (Fsp3) is 0.143. The molecule has 1 aromatic heterocycles. The normalized spacial score (nSPS) is 20.8. The van der Waals surface area contributed by atoms with Crippen LogP contribution in [0.3, 0.4) is 0 Å². The smallest absolute Gasteiger partial charge is 0.213 e. The van der Waals surface area contributed by atoms with Gasteiger partial charge in [-0.2, -0.15) is 5.10 Å². The zero-order valence-electron chi connectivity index (χ0n) is 13.9. The van der Waals surface area contributed by atoms with Crippen LogP contribution in [0, 0.1) is 0 Å². The maximum Gasteiger partial charge on any atom is 0.213 e. The van der Waals surface area contributed by atoms with Crippen LogP contribution in [0.4, 0.5) is 0 Å². The first kappa shape index (κ1) is 15.4. The first-order valence-electron chi connectivity index (χ1n) is 8.57. The molecule has 0 radical (unpaired) electrons. The molecule has 2 aromatic carbocycles. The van der Waals surface area contributed by atoms with Crippen molar-refractivity contribution < 1.29 is 4.74 Å². The van der Waals surface area contributed by atoms with Crippen LogP contribution in [0.5, 0.6) is 5.75 Å². The highest BCUT2D eigenvalue weighted by Crippen LogP contribution is 2.48. The Hall–Kier alpha value is -2.85. The number of hydrogen-bond donors (Lipinski definition) is 0. The van der Waals surface area contributed by atoms with E-state index >= 15 is 0 Å². The third-order valence-electron chi connectivity index (χ3n) is 4.85. The van der Waals surface area contributed by atoms with Crippen molar-refractivity contribution in [2.75, 3.05) is 0 Å². The molecule has 5 rings (SSSR count). The summed E-state index contributed by atoms with van der Waals surface area (Å²) in [5, 5.41) is 7.69. The summed E-state index contributed by atoms with van der Waals surface area (Å²) >= 11 is 6.25. The van der Waals surface area contributed by atoms with E-state index in [1.165, 1.54) is 0 Å². The fourth-order valence-electron chi connectivity index (χ4n) is 3.61. The Morgan fingerprint density at radius 1 is 1.00 bits per heavy atom. The minimum atomic E-state index is -0.280. The molecule has 0 fully saturated rings. The van der Waals surface area contributed by atoms with Crippen LogP contribution in [0.25, 0.3) is 0 Å². The van der Waals surface area contributed by atoms with Gasteiger partial charge in [0.25, 0.3) is 0 Å². The summed E-state index contributed by atoms with van der Waals surface area (Å²) in [6, 6.07) is 20.1. The number of pyridine rings is 1. The molecule has 4 nitrogen and oxygen atoms in total. The molecule has 0 N–H and O–H groups in total. The van der Waals surface area contributed by atoms with E-state index in [1.54, 1.807) is 12.4 Å². The lowest BCUT2D eigenvalue weighted by atomic mass is 9.96. The van der Waals surface area contributed by atoms with Gasteiger partial charge in [0.1, 0.15) is 5.75 Å². The summed E-state index contributed by atoms with van der Waals surface area (Å²) in [6.45, 7) is 0. The lowest BCUT2D eigenvalue weighted by molar-refractivity contribution is -0.0190. The number of benzene rings is 2. The van der Waals surface area contributed by atoms with Gasteiger partial charge in [-0.15, -0.1) is 0 Å². The van der Waals surface area contributed by atoms with E-state index in [1.807, 2.05) is 48.5 Å². The van der Waals surface area contributed by atoms with Crippen molar-refractivity contribution in [1.29, 1.82) is 0 Å². The Bertz CT molecular complexity index is 975. The molecule has 5 heteroatoms. The summed E-state index contributed by atoms with van der Waals surface area (Å²) in [6.07, 6.45) is 4.10. The molecule has 3 aromatic rings. The van der Waals surface area contributed by atoms with E-state index in [9.17, 15) is 0 Å². The largest absolute Gasteiger partial charge is 0.464 e. The summed E-state index contributed by atoms with van der Waals surface area (Å²) in [5.74, 6) is 0.863. The first-order valence-corrected chi connectivity index (χ1v) is 8.95. The molecule has 0 unspecified atom stereocenters. The predicted octanol–water partition coefficient (Wildman–Crippen LogP) is 4.98. The molecule has 0 aliphatic carbocycles. The molecule has 0 bridgehead atoms. The van der Waals surface area contributed by atoms with Crippen molar-refractivity contribution in [2.45, 2.75) is 18.7 Å². The molecule has 0 spiro atoms. The Balaban J connectivity index is 1.62. The highest BCUT2D eigenvalue weighted by Gasteiger charge is 2.41. The monoisotopic (exact) mass is 361 g/mol. The number of hydrazone groups is 1. The average molecular weight is 362 g/mol. The summed E-state index contributed by atoms with van der Waals surface area (Å²) in [5.41, 5.74) is 4.31. The maximum absolute atomic E-state index is 6.30. The average Bonchev–Trinajstić information content (AvgIpc) is 3.15. The van der Waals surface area contributed by atoms with Crippen LogP contribution in [0.2, 0.25) is 5.02 Å². The molecular formula is C21H16ClN3O. The van der Waals surface area contributed by atoms with Crippen molar-refractivity contribution in [1.82, 2.24) is 9.99 Å². The van der Waals surface area contributed by atoms with Crippen LogP contribution >= 0.6 is 11.6 Å². The molecule has 2 atom stereocenters. The van der Waals surface area contributed by atoms with Gasteiger partial charge >= 0.3 is 0 Å². The molecule has 2 aliphatic rings. The van der Waals surface area contributed by atoms with Crippen molar-refractivity contribution in [3.8, 4) is 5.75 Å². The Morgan fingerprint density at radius 3 is 2.62 bits per heavy atom. The lowest BCUT2D eigenvalue weighted by Crippen LogP contribution is -2.33. The lowest BCUT2D eigenvalue weighted by Gasteiger charge is -2.38. The van der Waals surface area contributed by atoms with E-state index in [0.29, 0.717) is 5.02 Å². The van der Waals surface area contributed by atoms with Gasteiger partial charge in [-0.05, 0) is 35.9 Å². The van der Waals surface area contributed by atoms with Crippen LogP contribution in [0.15, 0.2) is 78.2 Å². The van der Waals surface area contributed by atoms with Crippen molar-refractivity contribution in [3.63, 3.8) is 0 Å². The number of rotatable bonds is 2. The van der Waals surface area contributed by atoms with E-state index < -0.39 is 0 Å². The van der Waals surface area contributed by atoms with Crippen LogP contribution in [-0.4, -0.2) is 15.7 Å². The second-order valence-electron chi connectivity index (χ2n) is 6.45. The van der Waals surface area contributed by atoms with E-state index in [0.717, 1.165) is 34.6 Å². The fourth-order valence-corrected chi connectivity index (χ4v) is 3.79. The Kier molecular flexibility index (Phi) is 3.64. The minimum Gasteiger partial charge on any atom is -0.464 e. The topological polar surface area (TPSA) is 37.7 Å². The van der Waals surface area contributed by atoms with Crippen molar-refractivity contribution in [3.05, 3.63) is 94.8 Å². The quantitative estimate of drug-likeness (QED) is 0.646. The Morgan fingerprint density at radius 2 is 1.81 bits per heavy atom. The molecule has 3 heterocycles. The highest BCUT2D eigenvalue weighted by molar-refractivity contribution is 6.30. The second-order valence-corrected chi connectivity index (χ2v) is 6.88. The first-order chi connectivity index (χ1) is 12.8. The van der Waals surface area contributed by atoms with E-state index in [-0.39, 0.29) is 12.3 Å². The number of hydrogen-bond acceptors (Lipinski definition) is 4. The molecule has 2 aliphatic heterocycles. The maximum atomic E-state index is 6.30. The van der Waals surface area contributed by atoms with Crippen LogP contribution < -0.4 is 4.74 Å². The highest BCUT2D eigenvalue weighted by atomic mass is 35.5. The van der Waals surface area contributed by atoms with E-state index in [4.69, 9.17) is 21.4 Å². The zero-order chi connectivity index (χ0) is 17.5. The number of nitrogens with zero attached hydrogens (tertiary/aromatic N) is 3. The minimum absolute atomic E-state index is 0.103. The number of halogens is 1. The van der Waals surface area contributed by atoms with Gasteiger partial charge in [0, 0.05) is 35.0 Å².